The van der Waals surface area contributed by atoms with Crippen LogP contribution in [0.4, 0.5) is 0 Å². The highest BCUT2D eigenvalue weighted by Gasteiger charge is 2.40. The van der Waals surface area contributed by atoms with Crippen molar-refractivity contribution >= 4 is 34.2 Å². The normalized spacial score (nSPS) is 23.4. The molecule has 0 bridgehead atoms. The number of ether oxygens (including phenoxy) is 1. The molecule has 2 unspecified atom stereocenters. The predicted octanol–water partition coefficient (Wildman–Crippen LogP) is 3.07. The minimum absolute atomic E-state index is 0. The molecule has 1 amide bonds. The number of hydrogen-bond acceptors (Lipinski definition) is 3. The highest BCUT2D eigenvalue weighted by atomic mass is 79.9. The SMILES string of the molecule is CC1CN(C(=O)C(C)(N)c2ccc(Br)cc2)CC(C)(C)O1.Cl. The van der Waals surface area contributed by atoms with Crippen molar-refractivity contribution in [2.24, 2.45) is 5.73 Å². The highest BCUT2D eigenvalue weighted by molar-refractivity contribution is 9.10. The summed E-state index contributed by atoms with van der Waals surface area (Å²) in [6.45, 7) is 8.87. The topological polar surface area (TPSA) is 55.6 Å². The molecule has 1 aliphatic heterocycles. The number of nitrogens with two attached hydrogens (primary N) is 1. The molecular formula is C16H24BrClN2O2. The number of carbonyl (C=O) groups is 1. The Labute approximate surface area is 146 Å². The minimum atomic E-state index is -1.03. The van der Waals surface area contributed by atoms with Gasteiger partial charge in [-0.1, -0.05) is 28.1 Å². The number of benzene rings is 1. The van der Waals surface area contributed by atoms with Crippen LogP contribution in [0.15, 0.2) is 28.7 Å². The van der Waals surface area contributed by atoms with Gasteiger partial charge in [0.2, 0.25) is 5.91 Å². The summed E-state index contributed by atoms with van der Waals surface area (Å²) in [6, 6.07) is 7.58. The van der Waals surface area contributed by atoms with Crippen molar-refractivity contribution in [3.05, 3.63) is 34.3 Å². The van der Waals surface area contributed by atoms with Gasteiger partial charge in [0.1, 0.15) is 5.54 Å². The van der Waals surface area contributed by atoms with E-state index in [1.54, 1.807) is 6.92 Å². The van der Waals surface area contributed by atoms with E-state index in [9.17, 15) is 4.79 Å². The van der Waals surface area contributed by atoms with Gasteiger partial charge < -0.3 is 15.4 Å². The molecule has 2 rings (SSSR count). The number of morpholine rings is 1. The number of nitrogens with zero attached hydrogens (tertiary/aromatic N) is 1. The Bertz CT molecular complexity index is 531. The van der Waals surface area contributed by atoms with Gasteiger partial charge in [0, 0.05) is 17.6 Å². The van der Waals surface area contributed by atoms with E-state index in [1.165, 1.54) is 0 Å². The molecule has 1 aliphatic rings. The van der Waals surface area contributed by atoms with Crippen LogP contribution in [-0.2, 0) is 15.1 Å². The molecule has 1 aromatic rings. The van der Waals surface area contributed by atoms with Crippen LogP contribution < -0.4 is 5.73 Å². The Hall–Kier alpha value is -0.620. The largest absolute Gasteiger partial charge is 0.369 e. The number of rotatable bonds is 2. The van der Waals surface area contributed by atoms with Gasteiger partial charge in [0.05, 0.1) is 11.7 Å². The lowest BCUT2D eigenvalue weighted by atomic mass is 9.90. The number of amides is 1. The van der Waals surface area contributed by atoms with E-state index in [0.717, 1.165) is 10.0 Å². The Morgan fingerprint density at radius 1 is 1.41 bits per heavy atom. The molecule has 1 aromatic carbocycles. The van der Waals surface area contributed by atoms with Gasteiger partial charge in [-0.05, 0) is 45.4 Å². The number of hydrogen-bond donors (Lipinski definition) is 1. The second-order valence-electron chi connectivity index (χ2n) is 6.58. The van der Waals surface area contributed by atoms with Crippen LogP contribution >= 0.6 is 28.3 Å². The van der Waals surface area contributed by atoms with Crippen molar-refractivity contribution in [3.8, 4) is 0 Å². The van der Waals surface area contributed by atoms with Gasteiger partial charge in [-0.15, -0.1) is 12.4 Å². The fourth-order valence-corrected chi connectivity index (χ4v) is 3.12. The van der Waals surface area contributed by atoms with Crippen LogP contribution in [0.5, 0.6) is 0 Å². The molecular weight excluding hydrogens is 368 g/mol. The van der Waals surface area contributed by atoms with Crippen molar-refractivity contribution in [3.63, 3.8) is 0 Å². The number of carbonyl (C=O) groups excluding carboxylic acids is 1. The van der Waals surface area contributed by atoms with E-state index >= 15 is 0 Å². The van der Waals surface area contributed by atoms with Gasteiger partial charge in [-0.3, -0.25) is 4.79 Å². The van der Waals surface area contributed by atoms with Crippen molar-refractivity contribution in [2.75, 3.05) is 13.1 Å². The zero-order valence-electron chi connectivity index (χ0n) is 13.4. The molecule has 0 spiro atoms. The van der Waals surface area contributed by atoms with Crippen LogP contribution in [0, 0.1) is 0 Å². The Kier molecular flexibility index (Phi) is 6.07. The Morgan fingerprint density at radius 3 is 2.45 bits per heavy atom. The molecule has 1 fully saturated rings. The third kappa shape index (κ3) is 4.22. The van der Waals surface area contributed by atoms with Crippen LogP contribution in [0.25, 0.3) is 0 Å². The molecule has 22 heavy (non-hydrogen) atoms. The fourth-order valence-electron chi connectivity index (χ4n) is 2.86. The van der Waals surface area contributed by atoms with Crippen molar-refractivity contribution < 1.29 is 9.53 Å². The summed E-state index contributed by atoms with van der Waals surface area (Å²) in [5, 5.41) is 0. The van der Waals surface area contributed by atoms with Crippen LogP contribution in [0.1, 0.15) is 33.3 Å². The Morgan fingerprint density at radius 2 is 1.95 bits per heavy atom. The first-order chi connectivity index (χ1) is 9.62. The molecule has 0 saturated carbocycles. The van der Waals surface area contributed by atoms with E-state index in [-0.39, 0.29) is 30.0 Å². The first-order valence-electron chi connectivity index (χ1n) is 7.14. The van der Waals surface area contributed by atoms with E-state index in [1.807, 2.05) is 49.9 Å². The molecule has 1 saturated heterocycles. The maximum absolute atomic E-state index is 12.9. The fraction of sp³-hybridized carbons (Fsp3) is 0.562. The summed E-state index contributed by atoms with van der Waals surface area (Å²) >= 11 is 3.40. The average molecular weight is 392 g/mol. The zero-order valence-corrected chi connectivity index (χ0v) is 15.8. The number of halogens is 2. The first-order valence-corrected chi connectivity index (χ1v) is 7.93. The maximum atomic E-state index is 12.9. The highest BCUT2D eigenvalue weighted by Crippen LogP contribution is 2.27. The third-order valence-electron chi connectivity index (χ3n) is 3.74. The van der Waals surface area contributed by atoms with E-state index in [4.69, 9.17) is 10.5 Å². The lowest BCUT2D eigenvalue weighted by Gasteiger charge is -2.44. The zero-order chi connectivity index (χ0) is 15.8. The summed E-state index contributed by atoms with van der Waals surface area (Å²) in [5.41, 5.74) is 5.78. The molecule has 2 atom stereocenters. The van der Waals surface area contributed by atoms with Crippen molar-refractivity contribution in [2.45, 2.75) is 44.9 Å². The van der Waals surface area contributed by atoms with Crippen molar-refractivity contribution in [1.82, 2.24) is 4.90 Å². The summed E-state index contributed by atoms with van der Waals surface area (Å²) in [7, 11) is 0. The monoisotopic (exact) mass is 390 g/mol. The van der Waals surface area contributed by atoms with Gasteiger partial charge >= 0.3 is 0 Å². The molecule has 0 aliphatic carbocycles. The van der Waals surface area contributed by atoms with Gasteiger partial charge in [0.15, 0.2) is 0 Å². The standard InChI is InChI=1S/C16H23BrN2O2.ClH/c1-11-9-19(10-15(2,3)21-11)14(20)16(4,18)12-5-7-13(17)8-6-12;/h5-8,11H,9-10,18H2,1-4H3;1H. The van der Waals surface area contributed by atoms with Crippen LogP contribution in [0.2, 0.25) is 0 Å². The summed E-state index contributed by atoms with van der Waals surface area (Å²) < 4.78 is 6.82. The third-order valence-corrected chi connectivity index (χ3v) is 4.27. The lowest BCUT2D eigenvalue weighted by Crippen LogP contribution is -2.59. The van der Waals surface area contributed by atoms with Gasteiger partial charge in [0.25, 0.3) is 0 Å². The quantitative estimate of drug-likeness (QED) is 0.843. The summed E-state index contributed by atoms with van der Waals surface area (Å²) in [6.07, 6.45) is 0.0124. The summed E-state index contributed by atoms with van der Waals surface area (Å²) in [5.74, 6) is -0.0620. The molecule has 0 radical (unpaired) electrons. The average Bonchev–Trinajstić information content (AvgIpc) is 2.36. The molecule has 1 heterocycles. The predicted molar refractivity (Wildman–Crippen MR) is 94.1 cm³/mol. The lowest BCUT2D eigenvalue weighted by molar-refractivity contribution is -0.162. The molecule has 4 nitrogen and oxygen atoms in total. The van der Waals surface area contributed by atoms with E-state index in [0.29, 0.717) is 13.1 Å². The molecule has 6 heteroatoms. The first kappa shape index (κ1) is 19.4. The van der Waals surface area contributed by atoms with Gasteiger partial charge in [-0.2, -0.15) is 0 Å². The van der Waals surface area contributed by atoms with Crippen LogP contribution in [0.3, 0.4) is 0 Å². The molecule has 2 N–H and O–H groups in total. The summed E-state index contributed by atoms with van der Waals surface area (Å²) in [4.78, 5) is 14.7. The minimum Gasteiger partial charge on any atom is -0.369 e. The van der Waals surface area contributed by atoms with E-state index in [2.05, 4.69) is 15.9 Å². The molecule has 0 aromatic heterocycles. The Balaban J connectivity index is 0.00000242. The van der Waals surface area contributed by atoms with Crippen LogP contribution in [-0.4, -0.2) is 35.6 Å². The molecule has 124 valence electrons. The second-order valence-corrected chi connectivity index (χ2v) is 7.50. The smallest absolute Gasteiger partial charge is 0.247 e. The van der Waals surface area contributed by atoms with Gasteiger partial charge in [-0.25, -0.2) is 0 Å². The second kappa shape index (κ2) is 6.87. The maximum Gasteiger partial charge on any atom is 0.247 e. The van der Waals surface area contributed by atoms with Crippen molar-refractivity contribution in [1.29, 1.82) is 0 Å². The van der Waals surface area contributed by atoms with E-state index < -0.39 is 5.54 Å².